The molecule has 0 amide bonds. The molecule has 0 radical (unpaired) electrons. The number of thiophene rings is 1. The van der Waals surface area contributed by atoms with Crippen molar-refractivity contribution in [2.24, 2.45) is 0 Å². The average Bonchev–Trinajstić information content (AvgIpc) is 4.11. The zero-order valence-electron chi connectivity index (χ0n) is 36.0. The first-order chi connectivity index (χ1) is 32.4. The van der Waals surface area contributed by atoms with E-state index in [-0.39, 0.29) is 5.41 Å². The predicted molar refractivity (Wildman–Crippen MR) is 272 cm³/mol. The zero-order valence-corrected chi connectivity index (χ0v) is 36.8. The van der Waals surface area contributed by atoms with E-state index in [0.29, 0.717) is 17.5 Å². The van der Waals surface area contributed by atoms with Crippen molar-refractivity contribution in [1.82, 2.24) is 15.0 Å². The molecule has 310 valence electrons. The Hall–Kier alpha value is -8.19. The van der Waals surface area contributed by atoms with Crippen molar-refractivity contribution in [2.75, 3.05) is 0 Å². The Bertz CT molecular complexity index is 4150. The summed E-state index contributed by atoms with van der Waals surface area (Å²) in [4.78, 5) is 15.9. The SMILES string of the molecule is CC1(C)c2ccccc2-c2cc(-c3ccc(-c4ccc5oc6cccc(-c7nc(-c8ccc9c(c8)oc8ccccc89)nc(-c8cccc9sc%10ccccc%10c89)n7)c6c5c4)cc3)ccc21. The predicted octanol–water partition coefficient (Wildman–Crippen LogP) is 16.7. The van der Waals surface area contributed by atoms with Gasteiger partial charge < -0.3 is 8.83 Å². The van der Waals surface area contributed by atoms with Gasteiger partial charge in [-0.05, 0) is 99.1 Å². The fourth-order valence-electron chi connectivity index (χ4n) is 10.5. The number of aromatic nitrogens is 3. The summed E-state index contributed by atoms with van der Waals surface area (Å²) in [6.07, 6.45) is 0. The molecule has 4 heterocycles. The third-order valence-corrected chi connectivity index (χ3v) is 14.9. The van der Waals surface area contributed by atoms with Crippen LogP contribution in [0.15, 0.2) is 197 Å². The van der Waals surface area contributed by atoms with Crippen molar-refractivity contribution in [3.05, 3.63) is 199 Å². The number of hydrogen-bond donors (Lipinski definition) is 0. The second-order valence-corrected chi connectivity index (χ2v) is 19.0. The number of rotatable bonds is 5. The van der Waals surface area contributed by atoms with Gasteiger partial charge in [-0.15, -0.1) is 11.3 Å². The van der Waals surface area contributed by atoms with Crippen molar-refractivity contribution in [1.29, 1.82) is 0 Å². The highest BCUT2D eigenvalue weighted by Crippen LogP contribution is 2.50. The van der Waals surface area contributed by atoms with Crippen LogP contribution in [-0.4, -0.2) is 15.0 Å². The quantitative estimate of drug-likeness (QED) is 0.172. The van der Waals surface area contributed by atoms with Gasteiger partial charge in [0.05, 0.1) is 0 Å². The largest absolute Gasteiger partial charge is 0.456 e. The molecule has 0 atom stereocenters. The van der Waals surface area contributed by atoms with E-state index in [2.05, 4.69) is 166 Å². The molecule has 1 aliphatic carbocycles. The molecular weight excluding hydrogens is 827 g/mol. The maximum atomic E-state index is 6.58. The lowest BCUT2D eigenvalue weighted by Gasteiger charge is -2.21. The van der Waals surface area contributed by atoms with Crippen LogP contribution in [0.1, 0.15) is 25.0 Å². The molecule has 9 aromatic carbocycles. The molecule has 1 aliphatic rings. The first kappa shape index (κ1) is 37.2. The molecule has 13 aromatic rings. The Morgan fingerprint density at radius 1 is 0.348 bits per heavy atom. The van der Waals surface area contributed by atoms with Gasteiger partial charge in [0, 0.05) is 63.8 Å². The van der Waals surface area contributed by atoms with Crippen LogP contribution in [0.25, 0.3) is 132 Å². The van der Waals surface area contributed by atoms with E-state index in [9.17, 15) is 0 Å². The van der Waals surface area contributed by atoms with Gasteiger partial charge in [0.25, 0.3) is 0 Å². The molecule has 0 bridgehead atoms. The number of fused-ring (bicyclic) bond motifs is 12. The second-order valence-electron chi connectivity index (χ2n) is 17.9. The van der Waals surface area contributed by atoms with Crippen LogP contribution < -0.4 is 0 Å². The minimum atomic E-state index is -0.0165. The number of hydrogen-bond acceptors (Lipinski definition) is 6. The van der Waals surface area contributed by atoms with Gasteiger partial charge in [0.2, 0.25) is 0 Å². The third kappa shape index (κ3) is 5.55. The summed E-state index contributed by atoms with van der Waals surface area (Å²) in [5, 5.41) is 6.42. The maximum Gasteiger partial charge on any atom is 0.164 e. The van der Waals surface area contributed by atoms with Crippen LogP contribution in [0, 0.1) is 0 Å². The van der Waals surface area contributed by atoms with Crippen molar-refractivity contribution in [2.45, 2.75) is 19.3 Å². The molecule has 4 aromatic heterocycles. The van der Waals surface area contributed by atoms with Gasteiger partial charge in [-0.3, -0.25) is 0 Å². The zero-order chi connectivity index (χ0) is 43.7. The third-order valence-electron chi connectivity index (χ3n) is 13.8. The summed E-state index contributed by atoms with van der Waals surface area (Å²) in [6, 6.07) is 66.6. The summed E-state index contributed by atoms with van der Waals surface area (Å²) in [5.41, 5.74) is 15.9. The Balaban J connectivity index is 0.909. The van der Waals surface area contributed by atoms with Gasteiger partial charge in [-0.1, -0.05) is 147 Å². The second kappa shape index (κ2) is 13.9. The minimum absolute atomic E-state index is 0.0165. The van der Waals surface area contributed by atoms with Gasteiger partial charge in [0.1, 0.15) is 22.3 Å². The number of para-hydroxylation sites is 1. The number of furan rings is 2. The highest BCUT2D eigenvalue weighted by Gasteiger charge is 2.35. The first-order valence-electron chi connectivity index (χ1n) is 22.3. The molecule has 0 unspecified atom stereocenters. The van der Waals surface area contributed by atoms with E-state index < -0.39 is 0 Å². The Morgan fingerprint density at radius 3 is 1.76 bits per heavy atom. The minimum Gasteiger partial charge on any atom is -0.456 e. The molecule has 66 heavy (non-hydrogen) atoms. The number of nitrogens with zero attached hydrogens (tertiary/aromatic N) is 3. The highest BCUT2D eigenvalue weighted by atomic mass is 32.1. The van der Waals surface area contributed by atoms with Gasteiger partial charge in [-0.2, -0.15) is 0 Å². The molecule has 0 aliphatic heterocycles. The van der Waals surface area contributed by atoms with E-state index in [1.165, 1.54) is 48.2 Å². The fraction of sp³-hybridized carbons (Fsp3) is 0.0500. The van der Waals surface area contributed by atoms with E-state index in [1.807, 2.05) is 36.4 Å². The van der Waals surface area contributed by atoms with Gasteiger partial charge >= 0.3 is 0 Å². The van der Waals surface area contributed by atoms with Crippen LogP contribution in [0.3, 0.4) is 0 Å². The van der Waals surface area contributed by atoms with Crippen molar-refractivity contribution in [3.63, 3.8) is 0 Å². The summed E-state index contributed by atoms with van der Waals surface area (Å²) in [7, 11) is 0. The highest BCUT2D eigenvalue weighted by molar-refractivity contribution is 7.25. The van der Waals surface area contributed by atoms with E-state index >= 15 is 0 Å². The topological polar surface area (TPSA) is 65.0 Å². The Morgan fingerprint density at radius 2 is 0.909 bits per heavy atom. The molecule has 0 N–H and O–H groups in total. The lowest BCUT2D eigenvalue weighted by atomic mass is 9.82. The van der Waals surface area contributed by atoms with Crippen LogP contribution in [-0.2, 0) is 5.41 Å². The molecule has 0 fully saturated rings. The lowest BCUT2D eigenvalue weighted by molar-refractivity contribution is 0.660. The normalized spacial score (nSPS) is 13.1. The average molecular weight is 864 g/mol. The first-order valence-corrected chi connectivity index (χ1v) is 23.1. The molecule has 14 rings (SSSR count). The van der Waals surface area contributed by atoms with E-state index in [1.54, 1.807) is 11.3 Å². The Kier molecular flexibility index (Phi) is 7.84. The van der Waals surface area contributed by atoms with E-state index in [4.69, 9.17) is 23.8 Å². The van der Waals surface area contributed by atoms with Crippen LogP contribution in [0.5, 0.6) is 0 Å². The molecule has 0 saturated heterocycles. The molecule has 0 saturated carbocycles. The van der Waals surface area contributed by atoms with E-state index in [0.717, 1.165) is 77.1 Å². The summed E-state index contributed by atoms with van der Waals surface area (Å²) >= 11 is 1.78. The van der Waals surface area contributed by atoms with Crippen molar-refractivity contribution in [3.8, 4) is 67.5 Å². The van der Waals surface area contributed by atoms with Crippen molar-refractivity contribution < 1.29 is 8.83 Å². The molecule has 0 spiro atoms. The molecule has 5 nitrogen and oxygen atoms in total. The summed E-state index contributed by atoms with van der Waals surface area (Å²) < 4.78 is 15.4. The fourth-order valence-corrected chi connectivity index (χ4v) is 11.7. The summed E-state index contributed by atoms with van der Waals surface area (Å²) in [5.74, 6) is 1.74. The monoisotopic (exact) mass is 863 g/mol. The van der Waals surface area contributed by atoms with Crippen LogP contribution in [0.2, 0.25) is 0 Å². The number of benzene rings is 9. The smallest absolute Gasteiger partial charge is 0.164 e. The molecular formula is C60H37N3O2S. The van der Waals surface area contributed by atoms with Crippen molar-refractivity contribution >= 4 is 75.4 Å². The van der Waals surface area contributed by atoms with Gasteiger partial charge in [-0.25, -0.2) is 15.0 Å². The van der Waals surface area contributed by atoms with Crippen LogP contribution in [0.4, 0.5) is 0 Å². The Labute approximate surface area is 383 Å². The molecule has 6 heteroatoms. The summed E-state index contributed by atoms with van der Waals surface area (Å²) in [6.45, 7) is 4.65. The van der Waals surface area contributed by atoms with Crippen LogP contribution >= 0.6 is 11.3 Å². The van der Waals surface area contributed by atoms with Gasteiger partial charge in [0.15, 0.2) is 17.5 Å². The maximum absolute atomic E-state index is 6.58. The lowest BCUT2D eigenvalue weighted by Crippen LogP contribution is -2.14. The standard InChI is InChI=1S/C60H37N3O2S/c1-60(2)47-16-6-3-11-39(47)45-31-36(26-29-48(45)60)34-21-23-35(24-22-34)37-27-30-50-46(32-37)55-43(14-9-18-51(55)64-50)58-61-57(38-25-28-41-40-12-4-7-17-49(40)65-52(41)33-38)62-59(63-58)44-15-10-20-54-56(44)42-13-5-8-19-53(42)66-54/h3-33H,1-2H3.